The highest BCUT2D eigenvalue weighted by atomic mass is 35.5. The van der Waals surface area contributed by atoms with Crippen molar-refractivity contribution in [3.63, 3.8) is 0 Å². The van der Waals surface area contributed by atoms with Crippen LogP contribution in [-0.4, -0.2) is 19.1 Å². The molecule has 0 aliphatic heterocycles. The van der Waals surface area contributed by atoms with Gasteiger partial charge in [-0.15, -0.1) is 0 Å². The first-order chi connectivity index (χ1) is 10.1. The molecule has 1 N–H and O–H groups in total. The van der Waals surface area contributed by atoms with Crippen LogP contribution in [0.25, 0.3) is 0 Å². The van der Waals surface area contributed by atoms with Gasteiger partial charge in [0.25, 0.3) is 0 Å². The van der Waals surface area contributed by atoms with Crippen LogP contribution in [0.4, 0.5) is 0 Å². The van der Waals surface area contributed by atoms with E-state index in [-0.39, 0.29) is 5.91 Å². The summed E-state index contributed by atoms with van der Waals surface area (Å²) in [4.78, 5) is 10.8. The molecule has 1 amide bonds. The van der Waals surface area contributed by atoms with E-state index in [0.29, 0.717) is 18.2 Å². The number of amides is 1. The van der Waals surface area contributed by atoms with Gasteiger partial charge in [-0.1, -0.05) is 41.9 Å². The molecular formula is C17H18ClNO2. The van der Waals surface area contributed by atoms with Crippen molar-refractivity contribution < 1.29 is 9.53 Å². The third kappa shape index (κ3) is 5.12. The van der Waals surface area contributed by atoms with Crippen molar-refractivity contribution in [3.05, 3.63) is 64.7 Å². The Bertz CT molecular complexity index is 599. The van der Waals surface area contributed by atoms with Crippen LogP contribution in [-0.2, 0) is 11.2 Å². The Morgan fingerprint density at radius 1 is 1.19 bits per heavy atom. The minimum Gasteiger partial charge on any atom is -0.491 e. The first kappa shape index (κ1) is 15.4. The van der Waals surface area contributed by atoms with Crippen LogP contribution in [0.2, 0.25) is 5.02 Å². The third-order valence-electron chi connectivity index (χ3n) is 2.99. The molecule has 0 aliphatic rings. The maximum atomic E-state index is 10.8. The molecule has 0 aromatic heterocycles. The third-order valence-corrected chi connectivity index (χ3v) is 3.23. The zero-order chi connectivity index (χ0) is 15.1. The molecule has 2 aromatic carbocycles. The Morgan fingerprint density at radius 2 is 1.95 bits per heavy atom. The van der Waals surface area contributed by atoms with Crippen LogP contribution < -0.4 is 10.1 Å². The second-order valence-corrected chi connectivity index (χ2v) is 5.18. The Balaban J connectivity index is 2.05. The molecule has 3 nitrogen and oxygen atoms in total. The molecule has 2 rings (SSSR count). The zero-order valence-corrected chi connectivity index (χ0v) is 12.7. The molecule has 0 radical (unpaired) electrons. The van der Waals surface area contributed by atoms with Crippen LogP contribution in [0.5, 0.6) is 5.75 Å². The smallest absolute Gasteiger partial charge is 0.216 e. The van der Waals surface area contributed by atoms with Crippen molar-refractivity contribution in [2.24, 2.45) is 0 Å². The van der Waals surface area contributed by atoms with Crippen molar-refractivity contribution in [2.45, 2.75) is 13.3 Å². The molecule has 0 bridgehead atoms. The topological polar surface area (TPSA) is 38.3 Å². The summed E-state index contributed by atoms with van der Waals surface area (Å²) < 4.78 is 5.74. The number of rotatable bonds is 6. The average Bonchev–Trinajstić information content (AvgIpc) is 2.46. The van der Waals surface area contributed by atoms with Gasteiger partial charge in [-0.05, 0) is 29.3 Å². The highest BCUT2D eigenvalue weighted by Gasteiger charge is 2.06. The Labute approximate surface area is 129 Å². The van der Waals surface area contributed by atoms with Crippen molar-refractivity contribution in [1.82, 2.24) is 5.32 Å². The van der Waals surface area contributed by atoms with Gasteiger partial charge in [0.05, 0.1) is 6.54 Å². The van der Waals surface area contributed by atoms with Gasteiger partial charge in [-0.25, -0.2) is 0 Å². The predicted octanol–water partition coefficient (Wildman–Crippen LogP) is 3.45. The molecule has 0 saturated carbocycles. The van der Waals surface area contributed by atoms with E-state index >= 15 is 0 Å². The number of ether oxygens (including phenoxy) is 1. The number of nitrogens with one attached hydrogen (secondary N) is 1. The lowest BCUT2D eigenvalue weighted by atomic mass is 10.0. The molecule has 0 spiro atoms. The minimum absolute atomic E-state index is 0.0563. The van der Waals surface area contributed by atoms with E-state index in [1.54, 1.807) is 0 Å². The summed E-state index contributed by atoms with van der Waals surface area (Å²) in [6, 6.07) is 15.8. The van der Waals surface area contributed by atoms with Crippen LogP contribution in [0, 0.1) is 0 Å². The highest BCUT2D eigenvalue weighted by Crippen LogP contribution is 2.25. The predicted molar refractivity (Wildman–Crippen MR) is 84.9 cm³/mol. The second-order valence-electron chi connectivity index (χ2n) is 4.75. The lowest BCUT2D eigenvalue weighted by Gasteiger charge is -2.12. The molecule has 2 aromatic rings. The van der Waals surface area contributed by atoms with E-state index in [4.69, 9.17) is 16.3 Å². The van der Waals surface area contributed by atoms with E-state index in [0.717, 1.165) is 17.7 Å². The minimum atomic E-state index is -0.0563. The fourth-order valence-corrected chi connectivity index (χ4v) is 2.23. The molecule has 0 unspecified atom stereocenters. The van der Waals surface area contributed by atoms with E-state index in [1.165, 1.54) is 12.5 Å². The summed E-state index contributed by atoms with van der Waals surface area (Å²) >= 11 is 6.07. The lowest BCUT2D eigenvalue weighted by Crippen LogP contribution is -2.25. The van der Waals surface area contributed by atoms with Crippen LogP contribution in [0.1, 0.15) is 18.1 Å². The normalized spacial score (nSPS) is 10.2. The molecule has 4 heteroatoms. The summed E-state index contributed by atoms with van der Waals surface area (Å²) in [5, 5.41) is 3.40. The Kier molecular flexibility index (Phi) is 5.64. The maximum Gasteiger partial charge on any atom is 0.216 e. The standard InChI is InChI=1S/C17H18ClNO2/c1-13(20)19-9-10-21-17-8-7-16(18)12-15(17)11-14-5-3-2-4-6-14/h2-8,12H,9-11H2,1H3,(H,19,20). The maximum absolute atomic E-state index is 10.8. The van der Waals surface area contributed by atoms with Crippen molar-refractivity contribution in [3.8, 4) is 5.75 Å². The van der Waals surface area contributed by atoms with Gasteiger partial charge >= 0.3 is 0 Å². The van der Waals surface area contributed by atoms with Gasteiger partial charge in [-0.3, -0.25) is 4.79 Å². The lowest BCUT2D eigenvalue weighted by molar-refractivity contribution is -0.119. The number of benzene rings is 2. The molecule has 0 aliphatic carbocycles. The fraction of sp³-hybridized carbons (Fsp3) is 0.235. The number of carbonyl (C=O) groups excluding carboxylic acids is 1. The molecule has 0 saturated heterocycles. The molecule has 0 fully saturated rings. The van der Waals surface area contributed by atoms with Crippen LogP contribution in [0.15, 0.2) is 48.5 Å². The van der Waals surface area contributed by atoms with Gasteiger partial charge in [0.2, 0.25) is 5.91 Å². The summed E-state index contributed by atoms with van der Waals surface area (Å²) in [6.45, 7) is 2.41. The monoisotopic (exact) mass is 303 g/mol. The summed E-state index contributed by atoms with van der Waals surface area (Å²) in [5.41, 5.74) is 2.24. The van der Waals surface area contributed by atoms with Crippen molar-refractivity contribution in [1.29, 1.82) is 0 Å². The van der Waals surface area contributed by atoms with Gasteiger partial charge in [0.15, 0.2) is 0 Å². The molecule has 21 heavy (non-hydrogen) atoms. The molecular weight excluding hydrogens is 286 g/mol. The summed E-state index contributed by atoms with van der Waals surface area (Å²) in [7, 11) is 0. The first-order valence-corrected chi connectivity index (χ1v) is 7.22. The highest BCUT2D eigenvalue weighted by molar-refractivity contribution is 6.30. The number of hydrogen-bond acceptors (Lipinski definition) is 2. The van der Waals surface area contributed by atoms with Crippen molar-refractivity contribution in [2.75, 3.05) is 13.2 Å². The van der Waals surface area contributed by atoms with Gasteiger partial charge in [0, 0.05) is 18.4 Å². The molecule has 0 heterocycles. The van der Waals surface area contributed by atoms with Gasteiger partial charge in [-0.2, -0.15) is 0 Å². The number of hydrogen-bond donors (Lipinski definition) is 1. The van der Waals surface area contributed by atoms with Gasteiger partial charge in [0.1, 0.15) is 12.4 Å². The van der Waals surface area contributed by atoms with Crippen molar-refractivity contribution >= 4 is 17.5 Å². The number of halogens is 1. The SMILES string of the molecule is CC(=O)NCCOc1ccc(Cl)cc1Cc1ccccc1. The van der Waals surface area contributed by atoms with Crippen LogP contribution >= 0.6 is 11.6 Å². The Hall–Kier alpha value is -2.00. The van der Waals surface area contributed by atoms with E-state index in [2.05, 4.69) is 17.4 Å². The summed E-state index contributed by atoms with van der Waals surface area (Å²) in [5.74, 6) is 0.743. The fourth-order valence-electron chi connectivity index (χ4n) is 2.03. The second kappa shape index (κ2) is 7.70. The Morgan fingerprint density at radius 3 is 2.67 bits per heavy atom. The largest absolute Gasteiger partial charge is 0.491 e. The van der Waals surface area contributed by atoms with Crippen LogP contribution in [0.3, 0.4) is 0 Å². The first-order valence-electron chi connectivity index (χ1n) is 6.85. The summed E-state index contributed by atoms with van der Waals surface area (Å²) in [6.07, 6.45) is 0.761. The molecule has 0 atom stereocenters. The number of carbonyl (C=O) groups is 1. The van der Waals surface area contributed by atoms with E-state index < -0.39 is 0 Å². The zero-order valence-electron chi connectivity index (χ0n) is 11.9. The van der Waals surface area contributed by atoms with Gasteiger partial charge < -0.3 is 10.1 Å². The average molecular weight is 304 g/mol. The molecule has 110 valence electrons. The quantitative estimate of drug-likeness (QED) is 0.830. The van der Waals surface area contributed by atoms with E-state index in [1.807, 2.05) is 36.4 Å². The van der Waals surface area contributed by atoms with E-state index in [9.17, 15) is 4.79 Å².